The summed E-state index contributed by atoms with van der Waals surface area (Å²) in [6.45, 7) is 4.02. The zero-order valence-electron chi connectivity index (χ0n) is 14.7. The molecule has 8 heteroatoms. The van der Waals surface area contributed by atoms with Gasteiger partial charge in [0.2, 0.25) is 5.91 Å². The molecule has 0 bridgehead atoms. The van der Waals surface area contributed by atoms with E-state index >= 15 is 0 Å². The number of nitrogens with one attached hydrogen (secondary N) is 1. The Morgan fingerprint density at radius 2 is 1.96 bits per heavy atom. The van der Waals surface area contributed by atoms with Gasteiger partial charge in [-0.05, 0) is 36.0 Å². The van der Waals surface area contributed by atoms with Crippen LogP contribution < -0.4 is 16.6 Å². The monoisotopic (exact) mass is 372 g/mol. The molecule has 0 saturated heterocycles. The zero-order chi connectivity index (χ0) is 18.7. The largest absolute Gasteiger partial charge is 0.332 e. The average molecular weight is 372 g/mol. The van der Waals surface area contributed by atoms with Crippen LogP contribution >= 0.6 is 11.5 Å². The highest BCUT2D eigenvalue weighted by atomic mass is 32.1. The molecule has 0 aliphatic rings. The van der Waals surface area contributed by atoms with Crippen LogP contribution in [0.2, 0.25) is 0 Å². The van der Waals surface area contributed by atoms with E-state index in [1.807, 2.05) is 38.1 Å². The molecule has 0 fully saturated rings. The number of para-hydroxylation sites is 1. The van der Waals surface area contributed by atoms with E-state index in [9.17, 15) is 14.4 Å². The Balaban J connectivity index is 1.98. The molecule has 0 unspecified atom stereocenters. The quantitative estimate of drug-likeness (QED) is 0.719. The molecule has 0 atom stereocenters. The molecular formula is C18H20N4O3S. The SMILES string of the molecule is CCCn1c(=O)c2nscc2n(CC(=O)Nc2ccccc2CC)c1=O. The minimum absolute atomic E-state index is 0.171. The minimum atomic E-state index is -0.483. The smallest absolute Gasteiger partial charge is 0.324 e. The maximum Gasteiger partial charge on any atom is 0.332 e. The summed E-state index contributed by atoms with van der Waals surface area (Å²) in [5.74, 6) is -0.317. The van der Waals surface area contributed by atoms with Crippen LogP contribution in [0.3, 0.4) is 0 Å². The van der Waals surface area contributed by atoms with Crippen molar-refractivity contribution in [1.29, 1.82) is 0 Å². The van der Waals surface area contributed by atoms with Gasteiger partial charge in [-0.15, -0.1) is 0 Å². The van der Waals surface area contributed by atoms with E-state index in [2.05, 4.69) is 9.69 Å². The Morgan fingerprint density at radius 3 is 2.69 bits per heavy atom. The number of carbonyl (C=O) groups excluding carboxylic acids is 1. The van der Waals surface area contributed by atoms with Gasteiger partial charge in [-0.2, -0.15) is 4.37 Å². The summed E-state index contributed by atoms with van der Waals surface area (Å²) >= 11 is 1.10. The molecule has 3 aromatic rings. The Morgan fingerprint density at radius 1 is 1.19 bits per heavy atom. The number of anilines is 1. The number of nitrogens with zero attached hydrogens (tertiary/aromatic N) is 3. The molecule has 1 aromatic carbocycles. The summed E-state index contributed by atoms with van der Waals surface area (Å²) in [4.78, 5) is 37.7. The van der Waals surface area contributed by atoms with Gasteiger partial charge >= 0.3 is 5.69 Å². The van der Waals surface area contributed by atoms with Crippen LogP contribution in [0.25, 0.3) is 11.0 Å². The molecule has 0 aliphatic heterocycles. The highest BCUT2D eigenvalue weighted by Gasteiger charge is 2.17. The first-order valence-corrected chi connectivity index (χ1v) is 9.36. The van der Waals surface area contributed by atoms with E-state index in [1.165, 1.54) is 4.57 Å². The van der Waals surface area contributed by atoms with E-state index in [0.717, 1.165) is 33.8 Å². The van der Waals surface area contributed by atoms with Crippen LogP contribution in [0.4, 0.5) is 5.69 Å². The van der Waals surface area contributed by atoms with Crippen molar-refractivity contribution in [3.05, 3.63) is 56.0 Å². The molecule has 3 rings (SSSR count). The lowest BCUT2D eigenvalue weighted by Crippen LogP contribution is -2.41. The standard InChI is InChI=1S/C18H20N4O3S/c1-3-9-21-17(24)16-14(11-26-20-16)22(18(21)25)10-15(23)19-13-8-6-5-7-12(13)4-2/h5-8,11H,3-4,9-10H2,1-2H3,(H,19,23). The number of hydrogen-bond acceptors (Lipinski definition) is 5. The molecule has 0 spiro atoms. The maximum absolute atomic E-state index is 12.7. The Kier molecular flexibility index (Phi) is 5.32. The number of hydrogen-bond donors (Lipinski definition) is 1. The molecule has 1 N–H and O–H groups in total. The summed E-state index contributed by atoms with van der Waals surface area (Å²) in [6.07, 6.45) is 1.43. The molecule has 0 radical (unpaired) electrons. The average Bonchev–Trinajstić information content (AvgIpc) is 3.12. The lowest BCUT2D eigenvalue weighted by atomic mass is 10.1. The third-order valence-corrected chi connectivity index (χ3v) is 4.79. The summed E-state index contributed by atoms with van der Waals surface area (Å²) in [5, 5.41) is 4.48. The van der Waals surface area contributed by atoms with Crippen molar-refractivity contribution in [3.8, 4) is 0 Å². The number of benzene rings is 1. The Bertz CT molecular complexity index is 1060. The molecule has 7 nitrogen and oxygen atoms in total. The highest BCUT2D eigenvalue weighted by molar-refractivity contribution is 7.04. The van der Waals surface area contributed by atoms with Crippen molar-refractivity contribution in [2.45, 2.75) is 39.8 Å². The number of aryl methyl sites for hydroxylation is 1. The van der Waals surface area contributed by atoms with Gasteiger partial charge in [-0.3, -0.25) is 18.7 Å². The van der Waals surface area contributed by atoms with Gasteiger partial charge in [0.1, 0.15) is 6.54 Å². The van der Waals surface area contributed by atoms with Gasteiger partial charge in [0.25, 0.3) is 5.56 Å². The second kappa shape index (κ2) is 7.65. The Hall–Kier alpha value is -2.74. The normalized spacial score (nSPS) is 11.0. The summed E-state index contributed by atoms with van der Waals surface area (Å²) in [6, 6.07) is 7.55. The van der Waals surface area contributed by atoms with Gasteiger partial charge in [-0.25, -0.2) is 4.79 Å². The molecule has 26 heavy (non-hydrogen) atoms. The molecule has 2 heterocycles. The van der Waals surface area contributed by atoms with E-state index in [4.69, 9.17) is 0 Å². The van der Waals surface area contributed by atoms with Crippen LogP contribution in [-0.4, -0.2) is 19.4 Å². The number of carbonyl (C=O) groups is 1. The number of fused-ring (bicyclic) bond motifs is 1. The van der Waals surface area contributed by atoms with Crippen molar-refractivity contribution >= 4 is 34.2 Å². The van der Waals surface area contributed by atoms with Gasteiger partial charge in [-0.1, -0.05) is 32.0 Å². The lowest BCUT2D eigenvalue weighted by molar-refractivity contribution is -0.116. The highest BCUT2D eigenvalue weighted by Crippen LogP contribution is 2.16. The second-order valence-electron chi connectivity index (χ2n) is 5.93. The molecule has 0 saturated carbocycles. The van der Waals surface area contributed by atoms with Crippen molar-refractivity contribution in [2.24, 2.45) is 0 Å². The van der Waals surface area contributed by atoms with E-state index in [0.29, 0.717) is 18.5 Å². The number of amides is 1. The number of aromatic nitrogens is 3. The predicted molar refractivity (Wildman–Crippen MR) is 103 cm³/mol. The van der Waals surface area contributed by atoms with Gasteiger partial charge in [0.15, 0.2) is 5.52 Å². The maximum atomic E-state index is 12.7. The van der Waals surface area contributed by atoms with Crippen LogP contribution in [0.1, 0.15) is 25.8 Å². The fourth-order valence-electron chi connectivity index (χ4n) is 2.89. The van der Waals surface area contributed by atoms with Gasteiger partial charge in [0, 0.05) is 17.6 Å². The van der Waals surface area contributed by atoms with Crippen LogP contribution in [0, 0.1) is 0 Å². The molecule has 136 valence electrons. The van der Waals surface area contributed by atoms with E-state index in [-0.39, 0.29) is 18.0 Å². The number of rotatable bonds is 6. The third-order valence-electron chi connectivity index (χ3n) is 4.17. The Labute approximate surface area is 154 Å². The first-order valence-electron chi connectivity index (χ1n) is 8.52. The first kappa shape index (κ1) is 18.1. The van der Waals surface area contributed by atoms with Crippen molar-refractivity contribution < 1.29 is 4.79 Å². The predicted octanol–water partition coefficient (Wildman–Crippen LogP) is 2.23. The third kappa shape index (κ3) is 3.32. The molecule has 0 aliphatic carbocycles. The second-order valence-corrected chi connectivity index (χ2v) is 6.56. The van der Waals surface area contributed by atoms with Crippen LogP contribution in [0.5, 0.6) is 0 Å². The summed E-state index contributed by atoms with van der Waals surface area (Å²) in [7, 11) is 0. The fraction of sp³-hybridized carbons (Fsp3) is 0.333. The van der Waals surface area contributed by atoms with Crippen molar-refractivity contribution in [3.63, 3.8) is 0 Å². The topological polar surface area (TPSA) is 86.0 Å². The van der Waals surface area contributed by atoms with Crippen LogP contribution in [-0.2, 0) is 24.3 Å². The lowest BCUT2D eigenvalue weighted by Gasteiger charge is -2.13. The van der Waals surface area contributed by atoms with Gasteiger partial charge < -0.3 is 5.32 Å². The zero-order valence-corrected chi connectivity index (χ0v) is 15.5. The molecule has 2 aromatic heterocycles. The van der Waals surface area contributed by atoms with Crippen LogP contribution in [0.15, 0.2) is 39.2 Å². The van der Waals surface area contributed by atoms with Crippen molar-refractivity contribution in [2.75, 3.05) is 5.32 Å². The van der Waals surface area contributed by atoms with Gasteiger partial charge in [0.05, 0.1) is 5.52 Å². The fourth-order valence-corrected chi connectivity index (χ4v) is 3.56. The minimum Gasteiger partial charge on any atom is -0.324 e. The molecule has 1 amide bonds. The first-order chi connectivity index (χ1) is 12.6. The van der Waals surface area contributed by atoms with E-state index < -0.39 is 11.2 Å². The van der Waals surface area contributed by atoms with Crippen molar-refractivity contribution in [1.82, 2.24) is 13.5 Å². The summed E-state index contributed by atoms with van der Waals surface area (Å²) in [5.41, 5.74) is 1.49. The molecular weight excluding hydrogens is 352 g/mol. The van der Waals surface area contributed by atoms with E-state index in [1.54, 1.807) is 5.38 Å². The summed E-state index contributed by atoms with van der Waals surface area (Å²) < 4.78 is 6.57.